The van der Waals surface area contributed by atoms with Gasteiger partial charge in [0.15, 0.2) is 5.16 Å². The van der Waals surface area contributed by atoms with Crippen LogP contribution in [0.5, 0.6) is 0 Å². The molecule has 0 spiro atoms. The third-order valence-electron chi connectivity index (χ3n) is 5.06. The monoisotopic (exact) mass is 439 g/mol. The van der Waals surface area contributed by atoms with E-state index in [0.717, 1.165) is 41.2 Å². The Kier molecular flexibility index (Phi) is 5.35. The zero-order valence-corrected chi connectivity index (χ0v) is 18.2. The van der Waals surface area contributed by atoms with Crippen molar-refractivity contribution in [1.29, 1.82) is 0 Å². The van der Waals surface area contributed by atoms with Crippen LogP contribution in [-0.2, 0) is 16.9 Å². The van der Waals surface area contributed by atoms with Gasteiger partial charge in [0.05, 0.1) is 6.61 Å². The summed E-state index contributed by atoms with van der Waals surface area (Å²) in [5.41, 5.74) is 1.54. The second kappa shape index (κ2) is 8.28. The van der Waals surface area contributed by atoms with E-state index < -0.39 is 5.97 Å². The van der Waals surface area contributed by atoms with Gasteiger partial charge in [0.25, 0.3) is 0 Å². The highest BCUT2D eigenvalue weighted by Crippen LogP contribution is 2.40. The summed E-state index contributed by atoms with van der Waals surface area (Å²) in [7, 11) is 0. The predicted octanol–water partition coefficient (Wildman–Crippen LogP) is 5.48. The molecule has 3 heterocycles. The summed E-state index contributed by atoms with van der Waals surface area (Å²) >= 11 is 3.33. The normalized spacial score (nSPS) is 13.8. The van der Waals surface area contributed by atoms with E-state index >= 15 is 0 Å². The fraction of sp³-hybridized carbons (Fsp3) is 0.318. The standard InChI is InChI=1S/C22H21N3O3S2/c1-2-27-21(26)20-17(16-7-3-4-8-18(16)28-20)13-30-22-24-23-19(25(22)14-9-10-14)12-15-6-5-11-29-15/h3-8,11,14H,2,9-10,12-13H2,1H3. The number of rotatable bonds is 8. The van der Waals surface area contributed by atoms with Crippen LogP contribution < -0.4 is 0 Å². The number of thiophene rings is 1. The molecule has 1 aliphatic carbocycles. The van der Waals surface area contributed by atoms with Gasteiger partial charge in [-0.05, 0) is 37.3 Å². The van der Waals surface area contributed by atoms with Crippen molar-refractivity contribution >= 4 is 40.0 Å². The van der Waals surface area contributed by atoms with Gasteiger partial charge in [-0.25, -0.2) is 4.79 Å². The van der Waals surface area contributed by atoms with Crippen LogP contribution in [0.2, 0.25) is 0 Å². The highest BCUT2D eigenvalue weighted by atomic mass is 32.2. The van der Waals surface area contributed by atoms with Crippen molar-refractivity contribution in [3.63, 3.8) is 0 Å². The van der Waals surface area contributed by atoms with Crippen molar-refractivity contribution in [3.05, 3.63) is 63.8 Å². The molecule has 6 nitrogen and oxygen atoms in total. The minimum atomic E-state index is -0.425. The van der Waals surface area contributed by atoms with E-state index in [1.54, 1.807) is 30.0 Å². The number of aromatic nitrogens is 3. The lowest BCUT2D eigenvalue weighted by Gasteiger charge is -2.08. The molecule has 0 atom stereocenters. The summed E-state index contributed by atoms with van der Waals surface area (Å²) in [5.74, 6) is 1.42. The van der Waals surface area contributed by atoms with Gasteiger partial charge in [-0.15, -0.1) is 21.5 Å². The zero-order valence-electron chi connectivity index (χ0n) is 16.5. The molecule has 0 unspecified atom stereocenters. The van der Waals surface area contributed by atoms with E-state index in [2.05, 4.69) is 32.3 Å². The predicted molar refractivity (Wildman–Crippen MR) is 117 cm³/mol. The minimum absolute atomic E-state index is 0.279. The van der Waals surface area contributed by atoms with Gasteiger partial charge in [-0.2, -0.15) is 0 Å². The topological polar surface area (TPSA) is 70.2 Å². The van der Waals surface area contributed by atoms with Crippen molar-refractivity contribution in [1.82, 2.24) is 14.8 Å². The number of hydrogen-bond acceptors (Lipinski definition) is 7. The van der Waals surface area contributed by atoms with Gasteiger partial charge >= 0.3 is 5.97 Å². The first kappa shape index (κ1) is 19.4. The summed E-state index contributed by atoms with van der Waals surface area (Å²) in [6.07, 6.45) is 3.11. The molecule has 0 amide bonds. The number of ether oxygens (including phenoxy) is 1. The first-order valence-electron chi connectivity index (χ1n) is 10.0. The molecule has 0 radical (unpaired) electrons. The summed E-state index contributed by atoms with van der Waals surface area (Å²) < 4.78 is 13.3. The van der Waals surface area contributed by atoms with Gasteiger partial charge in [-0.3, -0.25) is 0 Å². The Balaban J connectivity index is 1.44. The smallest absolute Gasteiger partial charge is 0.374 e. The third kappa shape index (κ3) is 3.77. The summed E-state index contributed by atoms with van der Waals surface area (Å²) in [6, 6.07) is 12.4. The number of fused-ring (bicyclic) bond motifs is 1. The number of nitrogens with zero attached hydrogens (tertiary/aromatic N) is 3. The summed E-state index contributed by atoms with van der Waals surface area (Å²) in [4.78, 5) is 13.7. The van der Waals surface area contributed by atoms with E-state index in [9.17, 15) is 4.79 Å². The molecule has 1 aliphatic rings. The highest BCUT2D eigenvalue weighted by molar-refractivity contribution is 7.98. The number of benzene rings is 1. The van der Waals surface area contributed by atoms with E-state index in [-0.39, 0.29) is 5.76 Å². The lowest BCUT2D eigenvalue weighted by molar-refractivity contribution is 0.0491. The van der Waals surface area contributed by atoms with Crippen molar-refractivity contribution in [3.8, 4) is 0 Å². The van der Waals surface area contributed by atoms with Crippen LogP contribution in [0.3, 0.4) is 0 Å². The highest BCUT2D eigenvalue weighted by Gasteiger charge is 2.30. The lowest BCUT2D eigenvalue weighted by atomic mass is 10.1. The summed E-state index contributed by atoms with van der Waals surface area (Å²) in [6.45, 7) is 2.10. The third-order valence-corrected chi connectivity index (χ3v) is 6.91. The van der Waals surface area contributed by atoms with Gasteiger partial charge in [0, 0.05) is 34.0 Å². The van der Waals surface area contributed by atoms with Crippen molar-refractivity contribution in [2.45, 2.75) is 43.1 Å². The molecule has 1 fully saturated rings. The molecule has 154 valence electrons. The second-order valence-corrected chi connectivity index (χ2v) is 9.15. The van der Waals surface area contributed by atoms with Crippen LogP contribution in [0.1, 0.15) is 52.6 Å². The van der Waals surface area contributed by atoms with Crippen LogP contribution in [-0.4, -0.2) is 27.3 Å². The minimum Gasteiger partial charge on any atom is -0.460 e. The van der Waals surface area contributed by atoms with Crippen molar-refractivity contribution in [2.75, 3.05) is 6.61 Å². The van der Waals surface area contributed by atoms with Crippen molar-refractivity contribution < 1.29 is 13.9 Å². The number of para-hydroxylation sites is 1. The number of hydrogen-bond donors (Lipinski definition) is 0. The lowest BCUT2D eigenvalue weighted by Crippen LogP contribution is -2.06. The molecule has 1 aromatic carbocycles. The molecule has 0 saturated heterocycles. The Morgan fingerprint density at radius 3 is 2.90 bits per heavy atom. The van der Waals surface area contributed by atoms with E-state index in [4.69, 9.17) is 9.15 Å². The van der Waals surface area contributed by atoms with E-state index in [1.807, 2.05) is 24.3 Å². The Labute approximate surface area is 182 Å². The maximum Gasteiger partial charge on any atom is 0.374 e. The Morgan fingerprint density at radius 2 is 2.13 bits per heavy atom. The van der Waals surface area contributed by atoms with Crippen LogP contribution >= 0.6 is 23.1 Å². The molecular weight excluding hydrogens is 418 g/mol. The molecule has 4 aromatic rings. The Bertz CT molecular complexity index is 1180. The number of carbonyl (C=O) groups excluding carboxylic acids is 1. The van der Waals surface area contributed by atoms with Crippen LogP contribution in [0.25, 0.3) is 11.0 Å². The van der Waals surface area contributed by atoms with E-state index in [1.165, 1.54) is 4.88 Å². The van der Waals surface area contributed by atoms with Gasteiger partial charge in [0.2, 0.25) is 5.76 Å². The molecule has 0 N–H and O–H groups in total. The van der Waals surface area contributed by atoms with Crippen LogP contribution in [0.15, 0.2) is 51.4 Å². The quantitative estimate of drug-likeness (QED) is 0.267. The zero-order chi connectivity index (χ0) is 20.5. The fourth-order valence-corrected chi connectivity index (χ4v) is 5.29. The number of thioether (sulfide) groups is 1. The molecule has 30 heavy (non-hydrogen) atoms. The molecule has 1 saturated carbocycles. The van der Waals surface area contributed by atoms with Crippen LogP contribution in [0.4, 0.5) is 0 Å². The van der Waals surface area contributed by atoms with E-state index in [0.29, 0.717) is 24.0 Å². The molecule has 3 aromatic heterocycles. The second-order valence-electron chi connectivity index (χ2n) is 7.17. The molecular formula is C22H21N3O3S2. The number of esters is 1. The van der Waals surface area contributed by atoms with Crippen LogP contribution in [0, 0.1) is 0 Å². The Morgan fingerprint density at radius 1 is 1.27 bits per heavy atom. The average molecular weight is 440 g/mol. The molecule has 8 heteroatoms. The fourth-order valence-electron chi connectivity index (χ4n) is 3.54. The summed E-state index contributed by atoms with van der Waals surface area (Å²) in [5, 5.41) is 12.9. The maximum atomic E-state index is 12.5. The van der Waals surface area contributed by atoms with Crippen molar-refractivity contribution in [2.24, 2.45) is 0 Å². The average Bonchev–Trinajstić information content (AvgIpc) is 3.14. The molecule has 0 aliphatic heterocycles. The van der Waals surface area contributed by atoms with Gasteiger partial charge in [-0.1, -0.05) is 36.0 Å². The largest absolute Gasteiger partial charge is 0.460 e. The maximum absolute atomic E-state index is 12.5. The Hall–Kier alpha value is -2.58. The van der Waals surface area contributed by atoms with Gasteiger partial charge < -0.3 is 13.7 Å². The first-order chi connectivity index (χ1) is 14.7. The first-order valence-corrected chi connectivity index (χ1v) is 11.9. The number of furan rings is 1. The number of carbonyl (C=O) groups is 1. The SMILES string of the molecule is CCOC(=O)c1oc2ccccc2c1CSc1nnc(Cc2cccs2)n1C1CC1. The molecule has 0 bridgehead atoms. The van der Waals surface area contributed by atoms with Gasteiger partial charge in [0.1, 0.15) is 11.4 Å². The molecule has 5 rings (SSSR count).